The quantitative estimate of drug-likeness (QED) is 0.642. The van der Waals surface area contributed by atoms with Gasteiger partial charge in [-0.15, -0.1) is 11.6 Å². The maximum Gasteiger partial charge on any atom is 0.260 e. The van der Waals surface area contributed by atoms with Crippen molar-refractivity contribution in [2.75, 3.05) is 31.6 Å². The summed E-state index contributed by atoms with van der Waals surface area (Å²) in [5.41, 5.74) is 2.36. The van der Waals surface area contributed by atoms with E-state index in [2.05, 4.69) is 5.32 Å². The Bertz CT molecular complexity index is 830. The number of para-hydroxylation sites is 1. The first kappa shape index (κ1) is 18.5. The molecule has 1 heterocycles. The molecule has 1 aliphatic carbocycles. The maximum absolute atomic E-state index is 13.2. The summed E-state index contributed by atoms with van der Waals surface area (Å²) in [5, 5.41) is 3.44. The summed E-state index contributed by atoms with van der Waals surface area (Å²) in [7, 11) is -0.399. The Balaban J connectivity index is 2.19. The van der Waals surface area contributed by atoms with Crippen molar-refractivity contribution in [3.63, 3.8) is 0 Å². The highest BCUT2D eigenvalue weighted by Crippen LogP contribution is 2.45. The largest absolute Gasteiger partial charge is 0.383 e. The van der Waals surface area contributed by atoms with E-state index < -0.39 is 14.9 Å². The number of rotatable bonds is 4. The van der Waals surface area contributed by atoms with Crippen LogP contribution in [0.2, 0.25) is 0 Å². The number of hydrogen-bond acceptors (Lipinski definition) is 4. The molecule has 0 fully saturated rings. The van der Waals surface area contributed by atoms with Gasteiger partial charge in [-0.05, 0) is 24.1 Å². The number of nitrogens with zero attached hydrogens (tertiary/aromatic N) is 1. The molecule has 0 amide bonds. The summed E-state index contributed by atoms with van der Waals surface area (Å²) < 4.78 is 32.9. The smallest absolute Gasteiger partial charge is 0.260 e. The highest BCUT2D eigenvalue weighted by Gasteiger charge is 2.40. The molecule has 25 heavy (non-hydrogen) atoms. The molecule has 1 aromatic carbocycles. The predicted molar refractivity (Wildman–Crippen MR) is 101 cm³/mol. The van der Waals surface area contributed by atoms with Gasteiger partial charge in [-0.1, -0.05) is 30.4 Å². The minimum atomic E-state index is -3.64. The molecule has 1 aromatic rings. The zero-order valence-electron chi connectivity index (χ0n) is 14.6. The van der Waals surface area contributed by atoms with Gasteiger partial charge in [0.05, 0.1) is 28.1 Å². The monoisotopic (exact) mass is 382 g/mol. The zero-order valence-corrected chi connectivity index (χ0v) is 16.2. The summed E-state index contributed by atoms with van der Waals surface area (Å²) in [6.45, 7) is 2.98. The van der Waals surface area contributed by atoms with Crippen molar-refractivity contribution >= 4 is 27.3 Å². The van der Waals surface area contributed by atoms with Crippen LogP contribution in [0, 0.1) is 0 Å². The Morgan fingerprint density at radius 3 is 2.84 bits per heavy atom. The fourth-order valence-electron chi connectivity index (χ4n) is 3.33. The maximum atomic E-state index is 13.2. The van der Waals surface area contributed by atoms with E-state index in [1.165, 1.54) is 4.31 Å². The molecule has 0 saturated heterocycles. The van der Waals surface area contributed by atoms with E-state index in [-0.39, 0.29) is 12.5 Å². The SMILES string of the molecule is COCCNC1C2=C(CC(C)(Cl)C=C2)S(=O)(=O)N(C)c2ccccc21. The first-order chi connectivity index (χ1) is 11.8. The standard InChI is InChI=1S/C18H23ClN2O3S/c1-18(19)9-8-14-16(12-18)25(22,23)21(2)15-7-5-4-6-13(15)17(14)20-10-11-24-3/h4-9,17,20H,10-12H2,1-3H3. The topological polar surface area (TPSA) is 58.6 Å². The normalized spacial score (nSPS) is 27.7. The van der Waals surface area contributed by atoms with Crippen molar-refractivity contribution in [1.82, 2.24) is 5.32 Å². The third-order valence-electron chi connectivity index (χ3n) is 4.66. The van der Waals surface area contributed by atoms with Gasteiger partial charge in [0.1, 0.15) is 0 Å². The van der Waals surface area contributed by atoms with Crippen molar-refractivity contribution in [3.05, 3.63) is 52.5 Å². The lowest BCUT2D eigenvalue weighted by Crippen LogP contribution is -2.32. The summed E-state index contributed by atoms with van der Waals surface area (Å²) in [6.07, 6.45) is 4.00. The van der Waals surface area contributed by atoms with Gasteiger partial charge in [-0.25, -0.2) is 8.42 Å². The molecule has 2 aliphatic rings. The lowest BCUT2D eigenvalue weighted by molar-refractivity contribution is 0.197. The Morgan fingerprint density at radius 1 is 1.40 bits per heavy atom. The molecule has 0 bridgehead atoms. The highest BCUT2D eigenvalue weighted by molar-refractivity contribution is 7.96. The number of halogens is 1. The van der Waals surface area contributed by atoms with Gasteiger partial charge in [0.2, 0.25) is 0 Å². The van der Waals surface area contributed by atoms with Crippen LogP contribution in [0.4, 0.5) is 5.69 Å². The van der Waals surface area contributed by atoms with E-state index in [0.717, 1.165) is 11.1 Å². The molecule has 0 radical (unpaired) electrons. The third-order valence-corrected chi connectivity index (χ3v) is 6.84. The number of fused-ring (bicyclic) bond motifs is 1. The van der Waals surface area contributed by atoms with Crippen molar-refractivity contribution in [2.24, 2.45) is 0 Å². The molecule has 7 heteroatoms. The van der Waals surface area contributed by atoms with Crippen LogP contribution in [-0.4, -0.2) is 40.6 Å². The number of hydrogen-bond donors (Lipinski definition) is 1. The van der Waals surface area contributed by atoms with Crippen LogP contribution < -0.4 is 9.62 Å². The third kappa shape index (κ3) is 3.36. The van der Waals surface area contributed by atoms with Crippen LogP contribution in [0.1, 0.15) is 24.9 Å². The summed E-state index contributed by atoms with van der Waals surface area (Å²) >= 11 is 6.46. The highest BCUT2D eigenvalue weighted by atomic mass is 35.5. The van der Waals surface area contributed by atoms with Gasteiger partial charge in [-0.3, -0.25) is 4.31 Å². The molecule has 1 aliphatic heterocycles. The molecule has 0 spiro atoms. The number of ether oxygens (including phenoxy) is 1. The van der Waals surface area contributed by atoms with Crippen LogP contribution in [0.3, 0.4) is 0 Å². The summed E-state index contributed by atoms with van der Waals surface area (Å²) in [6, 6.07) is 7.34. The molecule has 1 N–H and O–H groups in total. The Hall–Kier alpha value is -1.34. The molecule has 5 nitrogen and oxygen atoms in total. The molecule has 2 atom stereocenters. The zero-order chi connectivity index (χ0) is 18.2. The number of nitrogens with one attached hydrogen (secondary N) is 1. The Kier molecular flexibility index (Phi) is 4.99. The second-order valence-electron chi connectivity index (χ2n) is 6.58. The average Bonchev–Trinajstić information content (AvgIpc) is 2.63. The minimum absolute atomic E-state index is 0.231. The molecule has 2 unspecified atom stereocenters. The van der Waals surface area contributed by atoms with Gasteiger partial charge in [0.15, 0.2) is 0 Å². The molecule has 0 aromatic heterocycles. The first-order valence-corrected chi connectivity index (χ1v) is 10.0. The Labute approximate surface area is 154 Å². The molecular weight excluding hydrogens is 360 g/mol. The number of alkyl halides is 1. The summed E-state index contributed by atoms with van der Waals surface area (Å²) in [5.74, 6) is 0. The molecular formula is C18H23ClN2O3S. The van der Waals surface area contributed by atoms with Crippen molar-refractivity contribution in [2.45, 2.75) is 24.3 Å². The second kappa shape index (κ2) is 6.76. The van der Waals surface area contributed by atoms with Crippen LogP contribution in [-0.2, 0) is 14.8 Å². The van der Waals surface area contributed by atoms with Gasteiger partial charge < -0.3 is 10.1 Å². The lowest BCUT2D eigenvalue weighted by Gasteiger charge is -2.29. The average molecular weight is 383 g/mol. The number of methoxy groups -OCH3 is 1. The summed E-state index contributed by atoms with van der Waals surface area (Å²) in [4.78, 5) is -0.332. The van der Waals surface area contributed by atoms with Crippen LogP contribution in [0.15, 0.2) is 46.9 Å². The van der Waals surface area contributed by atoms with E-state index in [4.69, 9.17) is 16.3 Å². The van der Waals surface area contributed by atoms with Crippen LogP contribution in [0.5, 0.6) is 0 Å². The molecule has 3 rings (SSSR count). The number of allylic oxidation sites excluding steroid dienone is 2. The lowest BCUT2D eigenvalue weighted by atomic mass is 9.89. The van der Waals surface area contributed by atoms with Gasteiger partial charge in [0, 0.05) is 27.1 Å². The minimum Gasteiger partial charge on any atom is -0.383 e. The Morgan fingerprint density at radius 2 is 2.12 bits per heavy atom. The van der Waals surface area contributed by atoms with E-state index in [1.807, 2.05) is 43.3 Å². The number of sulfonamides is 1. The van der Waals surface area contributed by atoms with E-state index >= 15 is 0 Å². The van der Waals surface area contributed by atoms with Crippen molar-refractivity contribution < 1.29 is 13.2 Å². The van der Waals surface area contributed by atoms with Crippen molar-refractivity contribution in [1.29, 1.82) is 0 Å². The number of anilines is 1. The predicted octanol–water partition coefficient (Wildman–Crippen LogP) is 2.95. The van der Waals surface area contributed by atoms with Crippen molar-refractivity contribution in [3.8, 4) is 0 Å². The number of benzene rings is 1. The fraction of sp³-hybridized carbons (Fsp3) is 0.444. The van der Waals surface area contributed by atoms with Crippen LogP contribution in [0.25, 0.3) is 0 Å². The van der Waals surface area contributed by atoms with Gasteiger partial charge >= 0.3 is 0 Å². The van der Waals surface area contributed by atoms with E-state index in [0.29, 0.717) is 23.7 Å². The van der Waals surface area contributed by atoms with Gasteiger partial charge in [-0.2, -0.15) is 0 Å². The van der Waals surface area contributed by atoms with E-state index in [9.17, 15) is 8.42 Å². The van der Waals surface area contributed by atoms with Crippen LogP contribution >= 0.6 is 11.6 Å². The van der Waals surface area contributed by atoms with Gasteiger partial charge in [0.25, 0.3) is 10.0 Å². The van der Waals surface area contributed by atoms with E-state index in [1.54, 1.807) is 14.2 Å². The second-order valence-corrected chi connectivity index (χ2v) is 9.43. The fourth-order valence-corrected chi connectivity index (χ4v) is 5.33. The first-order valence-electron chi connectivity index (χ1n) is 8.19. The molecule has 136 valence electrons. The molecule has 0 saturated carbocycles.